The van der Waals surface area contributed by atoms with Crippen molar-refractivity contribution in [3.05, 3.63) is 71.6 Å². The van der Waals surface area contributed by atoms with Gasteiger partial charge in [0.1, 0.15) is 6.10 Å². The molecule has 0 heterocycles. The van der Waals surface area contributed by atoms with Gasteiger partial charge in [0, 0.05) is 6.08 Å². The van der Waals surface area contributed by atoms with Gasteiger partial charge in [-0.2, -0.15) is 0 Å². The number of carboxylic acids is 1. The predicted octanol–water partition coefficient (Wildman–Crippen LogP) is 4.06. The van der Waals surface area contributed by atoms with E-state index >= 15 is 0 Å². The highest BCUT2D eigenvalue weighted by Gasteiger charge is 2.10. The summed E-state index contributed by atoms with van der Waals surface area (Å²) in [6.07, 6.45) is 2.01. The van der Waals surface area contributed by atoms with E-state index in [-0.39, 0.29) is 11.9 Å². The molecule has 0 saturated heterocycles. The van der Waals surface area contributed by atoms with Crippen molar-refractivity contribution in [2.24, 2.45) is 0 Å². The topological polar surface area (TPSA) is 46.5 Å². The first-order valence-corrected chi connectivity index (χ1v) is 6.48. The summed E-state index contributed by atoms with van der Waals surface area (Å²) in [7, 11) is 0. The smallest absolute Gasteiger partial charge is 0.328 e. The summed E-state index contributed by atoms with van der Waals surface area (Å²) < 4.78 is 19.5. The van der Waals surface area contributed by atoms with E-state index < -0.39 is 11.8 Å². The SMILES string of the molecule is CC(Oc1ccc(C=CC(=O)O)cc1F)c1ccccc1. The second kappa shape index (κ2) is 6.70. The van der Waals surface area contributed by atoms with Crippen LogP contribution in [-0.4, -0.2) is 11.1 Å². The summed E-state index contributed by atoms with van der Waals surface area (Å²) in [5.41, 5.74) is 1.42. The van der Waals surface area contributed by atoms with Gasteiger partial charge in [0.25, 0.3) is 0 Å². The molecule has 0 saturated carbocycles. The van der Waals surface area contributed by atoms with E-state index in [9.17, 15) is 9.18 Å². The minimum atomic E-state index is -1.08. The van der Waals surface area contributed by atoms with Crippen LogP contribution in [0.2, 0.25) is 0 Å². The molecule has 0 aliphatic heterocycles. The van der Waals surface area contributed by atoms with E-state index in [1.807, 2.05) is 37.3 Å². The highest BCUT2D eigenvalue weighted by molar-refractivity contribution is 5.85. The minimum absolute atomic E-state index is 0.138. The maximum Gasteiger partial charge on any atom is 0.328 e. The number of aliphatic carboxylic acids is 1. The van der Waals surface area contributed by atoms with Gasteiger partial charge in [-0.15, -0.1) is 0 Å². The third-order valence-electron chi connectivity index (χ3n) is 2.95. The number of hydrogen-bond donors (Lipinski definition) is 1. The van der Waals surface area contributed by atoms with Crippen molar-refractivity contribution >= 4 is 12.0 Å². The van der Waals surface area contributed by atoms with Crippen molar-refractivity contribution in [1.29, 1.82) is 0 Å². The fourth-order valence-electron chi connectivity index (χ4n) is 1.87. The Morgan fingerprint density at radius 3 is 2.57 bits per heavy atom. The van der Waals surface area contributed by atoms with Gasteiger partial charge in [0.05, 0.1) is 0 Å². The number of ether oxygens (including phenoxy) is 1. The number of rotatable bonds is 5. The lowest BCUT2D eigenvalue weighted by Gasteiger charge is -2.15. The van der Waals surface area contributed by atoms with Crippen molar-refractivity contribution in [2.45, 2.75) is 13.0 Å². The summed E-state index contributed by atoms with van der Waals surface area (Å²) in [6.45, 7) is 1.84. The molecule has 3 nitrogen and oxygen atoms in total. The van der Waals surface area contributed by atoms with Crippen LogP contribution >= 0.6 is 0 Å². The molecule has 1 unspecified atom stereocenters. The second-order valence-electron chi connectivity index (χ2n) is 4.53. The molecule has 0 aliphatic rings. The van der Waals surface area contributed by atoms with Crippen molar-refractivity contribution in [1.82, 2.24) is 0 Å². The number of carbonyl (C=O) groups is 1. The Hall–Kier alpha value is -2.62. The summed E-state index contributed by atoms with van der Waals surface area (Å²) in [5, 5.41) is 8.54. The Morgan fingerprint density at radius 1 is 1.24 bits per heavy atom. The Balaban J connectivity index is 2.13. The molecule has 21 heavy (non-hydrogen) atoms. The average Bonchev–Trinajstić information content (AvgIpc) is 2.48. The summed E-state index contributed by atoms with van der Waals surface area (Å²) >= 11 is 0. The maximum atomic E-state index is 13.9. The number of hydrogen-bond acceptors (Lipinski definition) is 2. The van der Waals surface area contributed by atoms with Crippen LogP contribution in [0, 0.1) is 5.82 Å². The molecule has 108 valence electrons. The normalized spacial score (nSPS) is 12.3. The summed E-state index contributed by atoms with van der Waals surface area (Å²) in [4.78, 5) is 10.4. The largest absolute Gasteiger partial charge is 0.483 e. The molecule has 0 radical (unpaired) electrons. The standard InChI is InChI=1S/C17H15FO3/c1-12(14-5-3-2-4-6-14)21-16-9-7-13(11-15(16)18)8-10-17(19)20/h2-12H,1H3,(H,19,20). The molecule has 2 aromatic carbocycles. The Morgan fingerprint density at radius 2 is 1.95 bits per heavy atom. The molecule has 2 aromatic rings. The van der Waals surface area contributed by atoms with Crippen LogP contribution in [0.3, 0.4) is 0 Å². The first-order chi connectivity index (χ1) is 10.1. The first-order valence-electron chi connectivity index (χ1n) is 6.48. The van der Waals surface area contributed by atoms with E-state index in [4.69, 9.17) is 9.84 Å². The van der Waals surface area contributed by atoms with E-state index in [0.717, 1.165) is 11.6 Å². The zero-order valence-electron chi connectivity index (χ0n) is 11.5. The Kier molecular flexibility index (Phi) is 4.72. The molecular weight excluding hydrogens is 271 g/mol. The summed E-state index contributed by atoms with van der Waals surface area (Å²) in [6, 6.07) is 13.9. The fourth-order valence-corrected chi connectivity index (χ4v) is 1.87. The molecule has 0 fully saturated rings. The monoisotopic (exact) mass is 286 g/mol. The van der Waals surface area contributed by atoms with Gasteiger partial charge < -0.3 is 9.84 Å². The van der Waals surface area contributed by atoms with Gasteiger partial charge in [-0.25, -0.2) is 9.18 Å². The van der Waals surface area contributed by atoms with Gasteiger partial charge in [-0.3, -0.25) is 0 Å². The molecule has 0 aromatic heterocycles. The molecular formula is C17H15FO3. The van der Waals surface area contributed by atoms with Gasteiger partial charge in [0.2, 0.25) is 0 Å². The third-order valence-corrected chi connectivity index (χ3v) is 2.95. The van der Waals surface area contributed by atoms with Crippen LogP contribution in [0.1, 0.15) is 24.2 Å². The van der Waals surface area contributed by atoms with Crippen molar-refractivity contribution < 1.29 is 19.0 Å². The lowest BCUT2D eigenvalue weighted by atomic mass is 10.1. The quantitative estimate of drug-likeness (QED) is 0.843. The van der Waals surface area contributed by atoms with Gasteiger partial charge in [0.15, 0.2) is 11.6 Å². The molecule has 0 bridgehead atoms. The average molecular weight is 286 g/mol. The lowest BCUT2D eigenvalue weighted by molar-refractivity contribution is -0.131. The van der Waals surface area contributed by atoms with Crippen LogP contribution < -0.4 is 4.74 Å². The fraction of sp³-hybridized carbons (Fsp3) is 0.118. The molecule has 1 N–H and O–H groups in total. The van der Waals surface area contributed by atoms with Gasteiger partial charge in [-0.1, -0.05) is 36.4 Å². The molecule has 1 atom stereocenters. The van der Waals surface area contributed by atoms with Gasteiger partial charge in [-0.05, 0) is 36.3 Å². The third kappa shape index (κ3) is 4.18. The molecule has 2 rings (SSSR count). The van der Waals surface area contributed by atoms with Crippen LogP contribution in [-0.2, 0) is 4.79 Å². The second-order valence-corrected chi connectivity index (χ2v) is 4.53. The highest BCUT2D eigenvalue weighted by atomic mass is 19.1. The van der Waals surface area contributed by atoms with E-state index in [2.05, 4.69) is 0 Å². The minimum Gasteiger partial charge on any atom is -0.483 e. The molecule has 4 heteroatoms. The number of benzene rings is 2. The van der Waals surface area contributed by atoms with E-state index in [1.165, 1.54) is 18.2 Å². The maximum absolute atomic E-state index is 13.9. The first kappa shape index (κ1) is 14.8. The van der Waals surface area contributed by atoms with Crippen LogP contribution in [0.4, 0.5) is 4.39 Å². The Labute approximate surface area is 122 Å². The summed E-state index contributed by atoms with van der Waals surface area (Å²) in [5.74, 6) is -1.46. The van der Waals surface area contributed by atoms with E-state index in [0.29, 0.717) is 5.56 Å². The number of carboxylic acid groups (broad SMARTS) is 1. The van der Waals surface area contributed by atoms with Crippen molar-refractivity contribution in [3.63, 3.8) is 0 Å². The lowest BCUT2D eigenvalue weighted by Crippen LogP contribution is -2.04. The Bertz CT molecular complexity index is 650. The molecule has 0 aliphatic carbocycles. The van der Waals surface area contributed by atoms with Crippen LogP contribution in [0.15, 0.2) is 54.6 Å². The van der Waals surface area contributed by atoms with Gasteiger partial charge >= 0.3 is 5.97 Å². The zero-order chi connectivity index (χ0) is 15.2. The molecule has 0 spiro atoms. The predicted molar refractivity (Wildman–Crippen MR) is 78.6 cm³/mol. The molecule has 0 amide bonds. The van der Waals surface area contributed by atoms with Crippen LogP contribution in [0.5, 0.6) is 5.75 Å². The van der Waals surface area contributed by atoms with E-state index in [1.54, 1.807) is 6.07 Å². The van der Waals surface area contributed by atoms with Crippen LogP contribution in [0.25, 0.3) is 6.08 Å². The zero-order valence-corrected chi connectivity index (χ0v) is 11.5. The van der Waals surface area contributed by atoms with Crippen molar-refractivity contribution in [2.75, 3.05) is 0 Å². The highest BCUT2D eigenvalue weighted by Crippen LogP contribution is 2.25. The van der Waals surface area contributed by atoms with Crippen molar-refractivity contribution in [3.8, 4) is 5.75 Å². The number of halogens is 1.